The Balaban J connectivity index is 1.48. The standard InChI is InChI=1S/C23H23ClN2O4S/c24-20-11-5-7-13-22(20)31(28,29)26-15-14-23(27)25-16-19-10-4-6-12-21(19)30-17-18-8-2-1-3-9-18/h1-13,26H,14-17H2,(H,25,27). The molecule has 0 aliphatic rings. The molecule has 0 bridgehead atoms. The van der Waals surface area contributed by atoms with Crippen molar-refractivity contribution in [2.45, 2.75) is 24.5 Å². The van der Waals surface area contributed by atoms with Gasteiger partial charge in [0, 0.05) is 25.1 Å². The Morgan fingerprint density at radius 3 is 2.35 bits per heavy atom. The van der Waals surface area contributed by atoms with Gasteiger partial charge in [-0.15, -0.1) is 0 Å². The van der Waals surface area contributed by atoms with Crippen LogP contribution in [-0.4, -0.2) is 20.9 Å². The van der Waals surface area contributed by atoms with Gasteiger partial charge in [0.1, 0.15) is 17.3 Å². The summed E-state index contributed by atoms with van der Waals surface area (Å²) < 4.78 is 32.9. The SMILES string of the molecule is O=C(CCNS(=O)(=O)c1ccccc1Cl)NCc1ccccc1OCc1ccccc1. The minimum Gasteiger partial charge on any atom is -0.489 e. The van der Waals surface area contributed by atoms with Crippen LogP contribution in [0.1, 0.15) is 17.5 Å². The molecule has 3 aromatic rings. The molecule has 3 aromatic carbocycles. The summed E-state index contributed by atoms with van der Waals surface area (Å²) >= 11 is 5.94. The Bertz CT molecular complexity index is 1120. The first kappa shape index (κ1) is 22.8. The fourth-order valence-corrected chi connectivity index (χ4v) is 4.40. The molecule has 162 valence electrons. The van der Waals surface area contributed by atoms with E-state index in [1.54, 1.807) is 12.1 Å². The van der Waals surface area contributed by atoms with E-state index in [1.165, 1.54) is 12.1 Å². The molecule has 0 radical (unpaired) electrons. The van der Waals surface area contributed by atoms with Crippen molar-refractivity contribution in [1.29, 1.82) is 0 Å². The van der Waals surface area contributed by atoms with Crippen molar-refractivity contribution in [3.63, 3.8) is 0 Å². The molecule has 0 saturated carbocycles. The minimum atomic E-state index is -3.78. The highest BCUT2D eigenvalue weighted by Crippen LogP contribution is 2.20. The van der Waals surface area contributed by atoms with Crippen LogP contribution < -0.4 is 14.8 Å². The second-order valence-corrected chi connectivity index (χ2v) is 8.88. The largest absolute Gasteiger partial charge is 0.489 e. The van der Waals surface area contributed by atoms with Gasteiger partial charge in [0.15, 0.2) is 0 Å². The van der Waals surface area contributed by atoms with Crippen molar-refractivity contribution in [3.8, 4) is 5.75 Å². The Morgan fingerprint density at radius 1 is 0.903 bits per heavy atom. The lowest BCUT2D eigenvalue weighted by Gasteiger charge is -2.13. The molecule has 0 aliphatic heterocycles. The van der Waals surface area contributed by atoms with Crippen LogP contribution in [0.3, 0.4) is 0 Å². The summed E-state index contributed by atoms with van der Waals surface area (Å²) in [6.45, 7) is 0.669. The smallest absolute Gasteiger partial charge is 0.242 e. The number of hydrogen-bond acceptors (Lipinski definition) is 4. The van der Waals surface area contributed by atoms with E-state index in [0.29, 0.717) is 12.4 Å². The van der Waals surface area contributed by atoms with Crippen molar-refractivity contribution in [3.05, 3.63) is 95.0 Å². The van der Waals surface area contributed by atoms with E-state index in [-0.39, 0.29) is 35.3 Å². The molecule has 2 N–H and O–H groups in total. The molecule has 0 unspecified atom stereocenters. The number of benzene rings is 3. The topological polar surface area (TPSA) is 84.5 Å². The summed E-state index contributed by atoms with van der Waals surface area (Å²) in [5, 5.41) is 2.93. The summed E-state index contributed by atoms with van der Waals surface area (Å²) in [6.07, 6.45) is -0.00325. The van der Waals surface area contributed by atoms with Crippen molar-refractivity contribution in [2.24, 2.45) is 0 Å². The zero-order valence-electron chi connectivity index (χ0n) is 16.8. The molecule has 1 amide bonds. The predicted molar refractivity (Wildman–Crippen MR) is 120 cm³/mol. The van der Waals surface area contributed by atoms with Gasteiger partial charge in [0.05, 0.1) is 5.02 Å². The van der Waals surface area contributed by atoms with E-state index < -0.39 is 10.0 Å². The fourth-order valence-electron chi connectivity index (χ4n) is 2.85. The molecule has 0 fully saturated rings. The third-order valence-electron chi connectivity index (χ3n) is 4.46. The normalized spacial score (nSPS) is 11.1. The molecule has 6 nitrogen and oxygen atoms in total. The highest BCUT2D eigenvalue weighted by atomic mass is 35.5. The maximum atomic E-state index is 12.3. The van der Waals surface area contributed by atoms with Crippen LogP contribution in [0.15, 0.2) is 83.8 Å². The first-order valence-corrected chi connectivity index (χ1v) is 11.6. The van der Waals surface area contributed by atoms with Gasteiger partial charge in [-0.1, -0.05) is 72.3 Å². The van der Waals surface area contributed by atoms with Gasteiger partial charge in [-0.05, 0) is 23.8 Å². The second-order valence-electron chi connectivity index (χ2n) is 6.74. The van der Waals surface area contributed by atoms with E-state index >= 15 is 0 Å². The van der Waals surface area contributed by atoms with Crippen molar-refractivity contribution in [1.82, 2.24) is 10.0 Å². The third kappa shape index (κ3) is 6.82. The molecule has 0 heterocycles. The average molecular weight is 459 g/mol. The van der Waals surface area contributed by atoms with E-state index in [1.807, 2.05) is 54.6 Å². The number of nitrogens with one attached hydrogen (secondary N) is 2. The van der Waals surface area contributed by atoms with Crippen molar-refractivity contribution in [2.75, 3.05) is 6.54 Å². The number of sulfonamides is 1. The summed E-state index contributed by atoms with van der Waals surface area (Å²) in [6, 6.07) is 23.4. The number of halogens is 1. The van der Waals surface area contributed by atoms with Crippen molar-refractivity contribution >= 4 is 27.5 Å². The van der Waals surface area contributed by atoms with Gasteiger partial charge < -0.3 is 10.1 Å². The van der Waals surface area contributed by atoms with Crippen LogP contribution in [0.4, 0.5) is 0 Å². The van der Waals surface area contributed by atoms with Crippen LogP contribution in [0.25, 0.3) is 0 Å². The Labute approximate surface area is 187 Å². The van der Waals surface area contributed by atoms with E-state index in [4.69, 9.17) is 16.3 Å². The Kier molecular flexibility index (Phi) is 8.06. The number of amides is 1. The number of hydrogen-bond donors (Lipinski definition) is 2. The van der Waals surface area contributed by atoms with E-state index in [2.05, 4.69) is 10.0 Å². The van der Waals surface area contributed by atoms with Gasteiger partial charge >= 0.3 is 0 Å². The lowest BCUT2D eigenvalue weighted by Crippen LogP contribution is -2.30. The van der Waals surface area contributed by atoms with Gasteiger partial charge in [-0.3, -0.25) is 4.79 Å². The van der Waals surface area contributed by atoms with Gasteiger partial charge in [-0.2, -0.15) is 0 Å². The van der Waals surface area contributed by atoms with Gasteiger partial charge in [0.25, 0.3) is 0 Å². The first-order chi connectivity index (χ1) is 15.0. The lowest BCUT2D eigenvalue weighted by atomic mass is 10.2. The first-order valence-electron chi connectivity index (χ1n) is 9.71. The van der Waals surface area contributed by atoms with Crippen LogP contribution >= 0.6 is 11.6 Å². The number of para-hydroxylation sites is 1. The molecular weight excluding hydrogens is 436 g/mol. The van der Waals surface area contributed by atoms with E-state index in [0.717, 1.165) is 11.1 Å². The number of rotatable bonds is 10. The summed E-state index contributed by atoms with van der Waals surface area (Å²) in [5.41, 5.74) is 1.88. The van der Waals surface area contributed by atoms with Gasteiger partial charge in [-0.25, -0.2) is 13.1 Å². The maximum absolute atomic E-state index is 12.3. The number of ether oxygens (including phenoxy) is 1. The molecule has 0 aliphatic carbocycles. The second kappa shape index (κ2) is 10.9. The Hall–Kier alpha value is -2.87. The monoisotopic (exact) mass is 458 g/mol. The summed E-state index contributed by atoms with van der Waals surface area (Å²) in [5.74, 6) is 0.408. The molecule has 3 rings (SSSR count). The molecular formula is C23H23ClN2O4S. The predicted octanol–water partition coefficient (Wildman–Crippen LogP) is 3.90. The number of carbonyl (C=O) groups is 1. The van der Waals surface area contributed by atoms with E-state index in [9.17, 15) is 13.2 Å². The molecule has 0 atom stereocenters. The molecule has 0 aromatic heterocycles. The van der Waals surface area contributed by atoms with Gasteiger partial charge in [0.2, 0.25) is 15.9 Å². The highest BCUT2D eigenvalue weighted by molar-refractivity contribution is 7.89. The van der Waals surface area contributed by atoms with Crippen LogP contribution in [0.5, 0.6) is 5.75 Å². The molecule has 0 spiro atoms. The summed E-state index contributed by atoms with van der Waals surface area (Å²) in [4.78, 5) is 12.2. The quantitative estimate of drug-likeness (QED) is 0.482. The zero-order valence-corrected chi connectivity index (χ0v) is 18.3. The van der Waals surface area contributed by atoms with Crippen molar-refractivity contribution < 1.29 is 17.9 Å². The van der Waals surface area contributed by atoms with Crippen LogP contribution in [0.2, 0.25) is 5.02 Å². The third-order valence-corrected chi connectivity index (χ3v) is 6.42. The fraction of sp³-hybridized carbons (Fsp3) is 0.174. The average Bonchev–Trinajstić information content (AvgIpc) is 2.77. The molecule has 0 saturated heterocycles. The zero-order chi connectivity index (χ0) is 22.1. The molecule has 8 heteroatoms. The highest BCUT2D eigenvalue weighted by Gasteiger charge is 2.17. The lowest BCUT2D eigenvalue weighted by molar-refractivity contribution is -0.121. The minimum absolute atomic E-state index is 0.00325. The Morgan fingerprint density at radius 2 is 1.58 bits per heavy atom. The maximum Gasteiger partial charge on any atom is 0.242 e. The molecule has 31 heavy (non-hydrogen) atoms. The number of carbonyl (C=O) groups excluding carboxylic acids is 1. The van der Waals surface area contributed by atoms with Crippen LogP contribution in [0, 0.1) is 0 Å². The van der Waals surface area contributed by atoms with Crippen LogP contribution in [-0.2, 0) is 28.0 Å². The summed E-state index contributed by atoms with van der Waals surface area (Å²) in [7, 11) is -3.78.